The second-order valence-corrected chi connectivity index (χ2v) is 11.3. The molecule has 45 heavy (non-hydrogen) atoms. The number of hydrogen-bond donors (Lipinski definition) is 0. The molecule has 2 aromatic heterocycles. The fourth-order valence-electron chi connectivity index (χ4n) is 6.51. The topological polar surface area (TPSA) is 29.5 Å². The minimum absolute atomic E-state index is 0.794. The molecule has 0 amide bonds. The molecule has 2 heterocycles. The number of nitrogens with zero attached hydrogens (tertiary/aromatic N) is 1. The lowest BCUT2D eigenvalue weighted by atomic mass is 10.0. The van der Waals surface area contributed by atoms with E-state index in [2.05, 4.69) is 132 Å². The molecule has 9 aromatic rings. The van der Waals surface area contributed by atoms with Crippen molar-refractivity contribution >= 4 is 60.9 Å². The Morgan fingerprint density at radius 1 is 0.356 bits per heavy atom. The lowest BCUT2D eigenvalue weighted by Crippen LogP contribution is -2.10. The molecular weight excluding hydrogens is 550 g/mol. The molecule has 0 fully saturated rings. The van der Waals surface area contributed by atoms with E-state index in [0.717, 1.165) is 60.9 Å². The maximum Gasteiger partial charge on any atom is 0.163 e. The van der Waals surface area contributed by atoms with Gasteiger partial charge in [-0.3, -0.25) is 0 Å². The van der Waals surface area contributed by atoms with Gasteiger partial charge in [-0.1, -0.05) is 121 Å². The molecule has 0 atom stereocenters. The summed E-state index contributed by atoms with van der Waals surface area (Å²) in [5.74, 6) is 0. The van der Waals surface area contributed by atoms with Crippen LogP contribution in [0.4, 0.5) is 17.1 Å². The number of hydrogen-bond acceptors (Lipinski definition) is 3. The van der Waals surface area contributed by atoms with E-state index < -0.39 is 0 Å². The van der Waals surface area contributed by atoms with Crippen LogP contribution in [0.25, 0.3) is 66.1 Å². The summed E-state index contributed by atoms with van der Waals surface area (Å²) >= 11 is 0. The van der Waals surface area contributed by atoms with Crippen molar-refractivity contribution in [3.8, 4) is 22.3 Å². The lowest BCUT2D eigenvalue weighted by Gasteiger charge is -2.26. The monoisotopic (exact) mass is 577 g/mol. The zero-order chi connectivity index (χ0) is 29.7. The van der Waals surface area contributed by atoms with Crippen molar-refractivity contribution in [1.29, 1.82) is 0 Å². The predicted molar refractivity (Wildman–Crippen MR) is 187 cm³/mol. The van der Waals surface area contributed by atoms with Gasteiger partial charge >= 0.3 is 0 Å². The SMILES string of the molecule is c1ccc(-c2ccc(N(c3ccc(-c4ccccc4)cc3)c3cc4c5ccccc5oc4c4c3oc3ccccc34)cc2)cc1. The summed E-state index contributed by atoms with van der Waals surface area (Å²) in [6.45, 7) is 0. The molecule has 0 aliphatic carbocycles. The van der Waals surface area contributed by atoms with Gasteiger partial charge in [-0.15, -0.1) is 0 Å². The summed E-state index contributed by atoms with van der Waals surface area (Å²) in [5.41, 5.74) is 11.1. The molecule has 0 saturated carbocycles. The van der Waals surface area contributed by atoms with Crippen LogP contribution in [0.1, 0.15) is 0 Å². The molecule has 0 unspecified atom stereocenters. The summed E-state index contributed by atoms with van der Waals surface area (Å²) < 4.78 is 13.2. The van der Waals surface area contributed by atoms with E-state index in [1.54, 1.807) is 0 Å². The number of benzene rings is 7. The Balaban J connectivity index is 1.31. The zero-order valence-corrected chi connectivity index (χ0v) is 24.4. The first-order chi connectivity index (χ1) is 22.3. The second kappa shape index (κ2) is 10.3. The zero-order valence-electron chi connectivity index (χ0n) is 24.4. The highest BCUT2D eigenvalue weighted by atomic mass is 16.3. The van der Waals surface area contributed by atoms with E-state index in [1.165, 1.54) is 22.3 Å². The van der Waals surface area contributed by atoms with E-state index >= 15 is 0 Å². The number of para-hydroxylation sites is 2. The van der Waals surface area contributed by atoms with Crippen molar-refractivity contribution in [1.82, 2.24) is 0 Å². The van der Waals surface area contributed by atoms with Crippen molar-refractivity contribution in [2.75, 3.05) is 4.90 Å². The fraction of sp³-hybridized carbons (Fsp3) is 0. The van der Waals surface area contributed by atoms with Gasteiger partial charge in [0.05, 0.1) is 11.1 Å². The minimum atomic E-state index is 0.794. The first kappa shape index (κ1) is 25.4. The second-order valence-electron chi connectivity index (χ2n) is 11.3. The Labute approximate surface area is 260 Å². The predicted octanol–water partition coefficient (Wildman–Crippen LogP) is 12.3. The van der Waals surface area contributed by atoms with Crippen LogP contribution in [0, 0.1) is 0 Å². The van der Waals surface area contributed by atoms with Crippen LogP contribution in [-0.4, -0.2) is 0 Å². The van der Waals surface area contributed by atoms with Crippen molar-refractivity contribution < 1.29 is 8.83 Å². The van der Waals surface area contributed by atoms with E-state index in [1.807, 2.05) is 36.4 Å². The number of anilines is 3. The lowest BCUT2D eigenvalue weighted by molar-refractivity contribution is 0.663. The summed E-state index contributed by atoms with van der Waals surface area (Å²) in [7, 11) is 0. The van der Waals surface area contributed by atoms with Crippen molar-refractivity contribution in [2.45, 2.75) is 0 Å². The number of rotatable bonds is 5. The van der Waals surface area contributed by atoms with Gasteiger partial charge in [0.15, 0.2) is 5.58 Å². The molecule has 0 bridgehead atoms. The average Bonchev–Trinajstić information content (AvgIpc) is 3.69. The highest BCUT2D eigenvalue weighted by Crippen LogP contribution is 2.47. The first-order valence-corrected chi connectivity index (χ1v) is 15.2. The third-order valence-corrected chi connectivity index (χ3v) is 8.68. The molecule has 9 rings (SSSR count). The third kappa shape index (κ3) is 4.21. The maximum atomic E-state index is 6.70. The van der Waals surface area contributed by atoms with Gasteiger partial charge in [-0.2, -0.15) is 0 Å². The molecule has 0 aliphatic rings. The number of furan rings is 2. The van der Waals surface area contributed by atoms with E-state index in [-0.39, 0.29) is 0 Å². The Bertz CT molecular complexity index is 2370. The normalized spacial score (nSPS) is 11.6. The largest absolute Gasteiger partial charge is 0.455 e. The molecule has 0 N–H and O–H groups in total. The first-order valence-electron chi connectivity index (χ1n) is 15.2. The van der Waals surface area contributed by atoms with Crippen molar-refractivity contribution in [3.63, 3.8) is 0 Å². The molecule has 7 aromatic carbocycles. The molecule has 212 valence electrons. The molecule has 0 aliphatic heterocycles. The smallest absolute Gasteiger partial charge is 0.163 e. The van der Waals surface area contributed by atoms with Crippen LogP contribution >= 0.6 is 0 Å². The Hall–Kier alpha value is -6.06. The van der Waals surface area contributed by atoms with Gasteiger partial charge in [0.1, 0.15) is 16.7 Å². The molecular formula is C42H27NO2. The van der Waals surface area contributed by atoms with Crippen LogP contribution in [0.5, 0.6) is 0 Å². The Morgan fingerprint density at radius 2 is 0.800 bits per heavy atom. The third-order valence-electron chi connectivity index (χ3n) is 8.68. The van der Waals surface area contributed by atoms with Crippen LogP contribution < -0.4 is 4.90 Å². The maximum absolute atomic E-state index is 6.70. The average molecular weight is 578 g/mol. The standard InChI is InChI=1S/C42H27NO2/c1-3-11-28(12-4-1)30-19-23-32(24-20-30)43(33-25-21-31(22-26-33)29-13-5-2-6-14-29)37-27-36-34-15-7-9-17-38(34)44-41(36)40-35-16-8-10-18-39(35)45-42(37)40/h1-27H. The van der Waals surface area contributed by atoms with E-state index in [0.29, 0.717) is 0 Å². The Kier molecular flexibility index (Phi) is 5.82. The van der Waals surface area contributed by atoms with Gasteiger partial charge in [0.2, 0.25) is 0 Å². The summed E-state index contributed by atoms with van der Waals surface area (Å²) in [5, 5.41) is 4.17. The number of fused-ring (bicyclic) bond motifs is 7. The van der Waals surface area contributed by atoms with Crippen LogP contribution in [0.2, 0.25) is 0 Å². The van der Waals surface area contributed by atoms with Gasteiger partial charge in [-0.05, 0) is 64.7 Å². The van der Waals surface area contributed by atoms with Gasteiger partial charge in [0, 0.05) is 27.5 Å². The van der Waals surface area contributed by atoms with Gasteiger partial charge < -0.3 is 13.7 Å². The quantitative estimate of drug-likeness (QED) is 0.204. The minimum Gasteiger partial charge on any atom is -0.455 e. The highest BCUT2D eigenvalue weighted by molar-refractivity contribution is 6.25. The van der Waals surface area contributed by atoms with Gasteiger partial charge in [0.25, 0.3) is 0 Å². The molecule has 0 saturated heterocycles. The van der Waals surface area contributed by atoms with Crippen molar-refractivity contribution in [3.05, 3.63) is 164 Å². The molecule has 0 radical (unpaired) electrons. The summed E-state index contributed by atoms with van der Waals surface area (Å²) in [4.78, 5) is 2.30. The van der Waals surface area contributed by atoms with Crippen LogP contribution in [0.15, 0.2) is 173 Å². The van der Waals surface area contributed by atoms with Crippen LogP contribution in [-0.2, 0) is 0 Å². The van der Waals surface area contributed by atoms with E-state index in [9.17, 15) is 0 Å². The summed E-state index contributed by atoms with van der Waals surface area (Å²) in [6, 6.07) is 57.2. The van der Waals surface area contributed by atoms with Crippen molar-refractivity contribution in [2.24, 2.45) is 0 Å². The highest BCUT2D eigenvalue weighted by Gasteiger charge is 2.24. The van der Waals surface area contributed by atoms with E-state index in [4.69, 9.17) is 8.83 Å². The summed E-state index contributed by atoms with van der Waals surface area (Å²) in [6.07, 6.45) is 0. The molecule has 3 heteroatoms. The fourth-order valence-corrected chi connectivity index (χ4v) is 6.51. The molecule has 3 nitrogen and oxygen atoms in total. The van der Waals surface area contributed by atoms with Crippen LogP contribution in [0.3, 0.4) is 0 Å². The molecule has 0 spiro atoms. The van der Waals surface area contributed by atoms with Gasteiger partial charge in [-0.25, -0.2) is 0 Å². The Morgan fingerprint density at radius 3 is 1.38 bits per heavy atom.